The van der Waals surface area contributed by atoms with Gasteiger partial charge in [0, 0.05) is 31.9 Å². The number of rotatable bonds is 4. The quantitative estimate of drug-likeness (QED) is 0.917. The summed E-state index contributed by atoms with van der Waals surface area (Å²) >= 11 is 6.25. The molecule has 0 aromatic carbocycles. The van der Waals surface area contributed by atoms with Crippen molar-refractivity contribution in [3.8, 4) is 0 Å². The molecule has 0 bridgehead atoms. The molecular weight excluding hydrogens is 258 g/mol. The van der Waals surface area contributed by atoms with E-state index in [4.69, 9.17) is 11.6 Å². The smallest absolute Gasteiger partial charge is 0.128 e. The first kappa shape index (κ1) is 13.2. The first-order valence-corrected chi connectivity index (χ1v) is 7.73. The highest BCUT2D eigenvalue weighted by atomic mass is 35.5. The van der Waals surface area contributed by atoms with E-state index in [-0.39, 0.29) is 0 Å². The molecule has 1 aliphatic heterocycles. The van der Waals surface area contributed by atoms with Crippen molar-refractivity contribution in [2.45, 2.75) is 45.2 Å². The Morgan fingerprint density at radius 2 is 2.26 bits per heavy atom. The maximum Gasteiger partial charge on any atom is 0.128 e. The van der Waals surface area contributed by atoms with Crippen LogP contribution in [-0.4, -0.2) is 24.1 Å². The highest BCUT2D eigenvalue weighted by molar-refractivity contribution is 6.31. The Kier molecular flexibility index (Phi) is 3.94. The average Bonchev–Trinajstić information content (AvgIpc) is 3.22. The third-order valence-electron chi connectivity index (χ3n) is 4.06. The van der Waals surface area contributed by atoms with Gasteiger partial charge in [-0.25, -0.2) is 4.98 Å². The van der Waals surface area contributed by atoms with Crippen molar-refractivity contribution in [1.29, 1.82) is 0 Å². The Hall–Kier alpha value is -0.800. The number of piperidine rings is 1. The molecule has 1 saturated heterocycles. The molecule has 3 rings (SSSR count). The lowest BCUT2D eigenvalue weighted by Crippen LogP contribution is -2.34. The van der Waals surface area contributed by atoms with E-state index in [1.165, 1.54) is 31.2 Å². The molecular formula is C15H22ClN3. The summed E-state index contributed by atoms with van der Waals surface area (Å²) < 4.78 is 0. The number of pyridine rings is 1. The van der Waals surface area contributed by atoms with Crippen LogP contribution in [0.4, 0.5) is 5.82 Å². The Morgan fingerprint density at radius 1 is 1.42 bits per heavy atom. The van der Waals surface area contributed by atoms with Crippen molar-refractivity contribution in [2.75, 3.05) is 18.0 Å². The monoisotopic (exact) mass is 279 g/mol. The fourth-order valence-electron chi connectivity index (χ4n) is 2.72. The van der Waals surface area contributed by atoms with Crippen molar-refractivity contribution in [3.63, 3.8) is 0 Å². The van der Waals surface area contributed by atoms with Gasteiger partial charge in [0.25, 0.3) is 0 Å². The lowest BCUT2D eigenvalue weighted by Gasteiger charge is -2.32. The van der Waals surface area contributed by atoms with Crippen LogP contribution in [0, 0.1) is 5.92 Å². The van der Waals surface area contributed by atoms with E-state index in [9.17, 15) is 0 Å². The molecule has 0 spiro atoms. The summed E-state index contributed by atoms with van der Waals surface area (Å²) in [5.74, 6) is 1.85. The zero-order valence-electron chi connectivity index (χ0n) is 11.5. The lowest BCUT2D eigenvalue weighted by atomic mass is 10.0. The van der Waals surface area contributed by atoms with Crippen LogP contribution >= 0.6 is 11.6 Å². The van der Waals surface area contributed by atoms with E-state index in [0.717, 1.165) is 36.4 Å². The van der Waals surface area contributed by atoms with Crippen molar-refractivity contribution in [2.24, 2.45) is 5.92 Å². The summed E-state index contributed by atoms with van der Waals surface area (Å²) in [6.45, 7) is 5.42. The summed E-state index contributed by atoms with van der Waals surface area (Å²) in [5, 5.41) is 4.30. The molecule has 1 aliphatic carbocycles. The van der Waals surface area contributed by atoms with Crippen LogP contribution in [0.15, 0.2) is 12.3 Å². The Morgan fingerprint density at radius 3 is 3.00 bits per heavy atom. The second-order valence-corrected chi connectivity index (χ2v) is 6.39. The highest BCUT2D eigenvalue weighted by Gasteiger charge is 2.21. The Labute approximate surface area is 120 Å². The van der Waals surface area contributed by atoms with Gasteiger partial charge in [-0.3, -0.25) is 0 Å². The van der Waals surface area contributed by atoms with Gasteiger partial charge in [-0.15, -0.1) is 0 Å². The number of anilines is 1. The van der Waals surface area contributed by atoms with Gasteiger partial charge in [0.05, 0.1) is 5.02 Å². The minimum absolute atomic E-state index is 0.711. The molecule has 3 nitrogen and oxygen atoms in total. The summed E-state index contributed by atoms with van der Waals surface area (Å²) in [7, 11) is 0. The molecule has 1 N–H and O–H groups in total. The van der Waals surface area contributed by atoms with E-state index in [0.29, 0.717) is 6.04 Å². The fraction of sp³-hybridized carbons (Fsp3) is 0.667. The molecule has 1 aromatic rings. The average molecular weight is 280 g/mol. The number of nitrogens with one attached hydrogen (secondary N) is 1. The van der Waals surface area contributed by atoms with Gasteiger partial charge < -0.3 is 10.2 Å². The van der Waals surface area contributed by atoms with Crippen molar-refractivity contribution >= 4 is 17.4 Å². The van der Waals surface area contributed by atoms with Gasteiger partial charge in [0.1, 0.15) is 5.82 Å². The summed E-state index contributed by atoms with van der Waals surface area (Å²) in [6, 6.07) is 2.87. The van der Waals surface area contributed by atoms with Crippen LogP contribution in [0.5, 0.6) is 0 Å². The molecule has 0 amide bonds. The van der Waals surface area contributed by atoms with Gasteiger partial charge in [0.2, 0.25) is 0 Å². The predicted octanol–water partition coefficient (Wildman–Crippen LogP) is 3.22. The van der Waals surface area contributed by atoms with Gasteiger partial charge in [0.15, 0.2) is 0 Å². The Balaban J connectivity index is 1.71. The highest BCUT2D eigenvalue weighted by Crippen LogP contribution is 2.26. The second-order valence-electron chi connectivity index (χ2n) is 5.98. The predicted molar refractivity (Wildman–Crippen MR) is 79.7 cm³/mol. The van der Waals surface area contributed by atoms with Crippen LogP contribution in [0.2, 0.25) is 5.02 Å². The van der Waals surface area contributed by atoms with E-state index >= 15 is 0 Å². The molecule has 19 heavy (non-hydrogen) atoms. The maximum atomic E-state index is 6.25. The number of aromatic nitrogens is 1. The second kappa shape index (κ2) is 5.68. The van der Waals surface area contributed by atoms with Crippen LogP contribution in [-0.2, 0) is 6.54 Å². The van der Waals surface area contributed by atoms with Crippen LogP contribution in [0.1, 0.15) is 38.2 Å². The molecule has 2 heterocycles. The third kappa shape index (κ3) is 3.40. The molecule has 1 saturated carbocycles. The minimum atomic E-state index is 0.711. The van der Waals surface area contributed by atoms with E-state index in [1.54, 1.807) is 6.20 Å². The van der Waals surface area contributed by atoms with E-state index in [2.05, 4.69) is 28.2 Å². The maximum absolute atomic E-state index is 6.25. The van der Waals surface area contributed by atoms with E-state index in [1.807, 2.05) is 0 Å². The fourth-order valence-corrected chi connectivity index (χ4v) is 2.89. The molecule has 104 valence electrons. The summed E-state index contributed by atoms with van der Waals surface area (Å²) in [6.07, 6.45) is 7.01. The van der Waals surface area contributed by atoms with Crippen LogP contribution in [0.25, 0.3) is 0 Å². The standard InChI is InChI=1S/C15H22ClN3/c1-11-3-2-6-19(10-11)15-7-12(14(16)9-18-15)8-17-13-4-5-13/h7,9,11,13,17H,2-6,8,10H2,1H3. The first-order chi connectivity index (χ1) is 9.22. The number of halogens is 1. The topological polar surface area (TPSA) is 28.2 Å². The number of nitrogens with zero attached hydrogens (tertiary/aromatic N) is 2. The molecule has 1 aromatic heterocycles. The molecule has 1 unspecified atom stereocenters. The molecule has 2 fully saturated rings. The number of hydrogen-bond acceptors (Lipinski definition) is 3. The van der Waals surface area contributed by atoms with Crippen molar-refractivity contribution < 1.29 is 0 Å². The first-order valence-electron chi connectivity index (χ1n) is 7.35. The minimum Gasteiger partial charge on any atom is -0.356 e. The van der Waals surface area contributed by atoms with Crippen molar-refractivity contribution in [1.82, 2.24) is 10.3 Å². The molecule has 4 heteroatoms. The SMILES string of the molecule is CC1CCCN(c2cc(CNC3CC3)c(Cl)cn2)C1. The van der Waals surface area contributed by atoms with Crippen molar-refractivity contribution in [3.05, 3.63) is 22.8 Å². The molecule has 1 atom stereocenters. The summed E-state index contributed by atoms with van der Waals surface area (Å²) in [5.41, 5.74) is 1.18. The van der Waals surface area contributed by atoms with Gasteiger partial charge in [-0.1, -0.05) is 18.5 Å². The zero-order chi connectivity index (χ0) is 13.2. The van der Waals surface area contributed by atoms with Gasteiger partial charge in [-0.05, 0) is 43.2 Å². The lowest BCUT2D eigenvalue weighted by molar-refractivity contribution is 0.444. The van der Waals surface area contributed by atoms with Gasteiger partial charge in [-0.2, -0.15) is 0 Å². The largest absolute Gasteiger partial charge is 0.356 e. The number of hydrogen-bond donors (Lipinski definition) is 1. The van der Waals surface area contributed by atoms with E-state index < -0.39 is 0 Å². The Bertz CT molecular complexity index is 445. The summed E-state index contributed by atoms with van der Waals surface area (Å²) in [4.78, 5) is 6.90. The van der Waals surface area contributed by atoms with Crippen LogP contribution in [0.3, 0.4) is 0 Å². The molecule has 0 radical (unpaired) electrons. The normalized spacial score (nSPS) is 23.7. The molecule has 2 aliphatic rings. The zero-order valence-corrected chi connectivity index (χ0v) is 12.3. The third-order valence-corrected chi connectivity index (χ3v) is 4.40. The van der Waals surface area contributed by atoms with Gasteiger partial charge >= 0.3 is 0 Å². The van der Waals surface area contributed by atoms with Crippen LogP contribution < -0.4 is 10.2 Å².